The van der Waals surface area contributed by atoms with Gasteiger partial charge in [0, 0.05) is 31.6 Å². The van der Waals surface area contributed by atoms with E-state index in [1.54, 1.807) is 7.05 Å². The van der Waals surface area contributed by atoms with Crippen molar-refractivity contribution >= 4 is 41.5 Å². The Kier molecular flexibility index (Phi) is 10.1. The molecule has 0 unspecified atom stereocenters. The van der Waals surface area contributed by atoms with Crippen molar-refractivity contribution in [1.82, 2.24) is 20.8 Å². The van der Waals surface area contributed by atoms with E-state index >= 15 is 0 Å². The molecule has 6 nitrogen and oxygen atoms in total. The van der Waals surface area contributed by atoms with Crippen molar-refractivity contribution in [3.8, 4) is 0 Å². The zero-order valence-electron chi connectivity index (χ0n) is 16.4. The highest BCUT2D eigenvalue weighted by Gasteiger charge is 2.19. The number of halogens is 2. The smallest absolute Gasteiger partial charge is 0.226 e. The van der Waals surface area contributed by atoms with Crippen LogP contribution in [0, 0.1) is 12.3 Å². The molecule has 0 saturated heterocycles. The monoisotopic (exact) mass is 505 g/mol. The molecule has 1 aromatic carbocycles. The van der Waals surface area contributed by atoms with Gasteiger partial charge < -0.3 is 15.2 Å². The zero-order chi connectivity index (χ0) is 19.0. The summed E-state index contributed by atoms with van der Waals surface area (Å²) in [7, 11) is 1.78. The molecule has 0 saturated carbocycles. The van der Waals surface area contributed by atoms with Gasteiger partial charge >= 0.3 is 0 Å². The molecule has 0 amide bonds. The van der Waals surface area contributed by atoms with Gasteiger partial charge in [-0.15, -0.1) is 24.0 Å². The van der Waals surface area contributed by atoms with Gasteiger partial charge in [-0.25, -0.2) is 0 Å². The molecule has 27 heavy (non-hydrogen) atoms. The van der Waals surface area contributed by atoms with E-state index in [1.807, 2.05) is 25.1 Å². The first-order valence-corrected chi connectivity index (χ1v) is 9.24. The van der Waals surface area contributed by atoms with Crippen molar-refractivity contribution in [3.63, 3.8) is 0 Å². The summed E-state index contributed by atoms with van der Waals surface area (Å²) in [5.41, 5.74) is 1.31. The predicted octanol–water partition coefficient (Wildman–Crippen LogP) is 4.02. The first kappa shape index (κ1) is 23.7. The van der Waals surface area contributed by atoms with Gasteiger partial charge in [0.15, 0.2) is 11.8 Å². The van der Waals surface area contributed by atoms with Crippen LogP contribution in [0.25, 0.3) is 0 Å². The Morgan fingerprint density at radius 3 is 2.70 bits per heavy atom. The minimum absolute atomic E-state index is 0. The normalized spacial score (nSPS) is 11.8. The van der Waals surface area contributed by atoms with E-state index in [0.29, 0.717) is 11.7 Å². The van der Waals surface area contributed by atoms with Crippen LogP contribution in [0.2, 0.25) is 5.02 Å². The molecule has 0 atom stereocenters. The lowest BCUT2D eigenvalue weighted by Gasteiger charge is -2.26. The van der Waals surface area contributed by atoms with Crippen molar-refractivity contribution in [2.75, 3.05) is 20.1 Å². The minimum atomic E-state index is 0. The van der Waals surface area contributed by atoms with Crippen LogP contribution in [0.15, 0.2) is 33.8 Å². The largest absolute Gasteiger partial charge is 0.356 e. The van der Waals surface area contributed by atoms with E-state index in [4.69, 9.17) is 16.1 Å². The molecule has 2 N–H and O–H groups in total. The highest BCUT2D eigenvalue weighted by molar-refractivity contribution is 14.0. The SMILES string of the molecule is CN=C(NCCCc1nc(C)no1)NCC(C)(C)Cc1cccc(Cl)c1.I. The summed E-state index contributed by atoms with van der Waals surface area (Å²) in [5.74, 6) is 2.15. The molecule has 0 bridgehead atoms. The molecule has 0 aliphatic heterocycles. The highest BCUT2D eigenvalue weighted by Crippen LogP contribution is 2.22. The van der Waals surface area contributed by atoms with Crippen molar-refractivity contribution < 1.29 is 4.52 Å². The van der Waals surface area contributed by atoms with Crippen LogP contribution in [-0.2, 0) is 12.8 Å². The standard InChI is InChI=1S/C19H28ClN5O.HI/c1-14-24-17(26-25-14)9-6-10-22-18(21-4)23-13-19(2,3)12-15-7-5-8-16(20)11-15;/h5,7-8,11H,6,9-10,12-13H2,1-4H3,(H2,21,22,23);1H. The molecule has 150 valence electrons. The van der Waals surface area contributed by atoms with Gasteiger partial charge in [-0.05, 0) is 42.9 Å². The fourth-order valence-electron chi connectivity index (χ4n) is 2.69. The van der Waals surface area contributed by atoms with E-state index in [1.165, 1.54) is 5.56 Å². The number of nitrogens with zero attached hydrogens (tertiary/aromatic N) is 3. The number of rotatable bonds is 8. The number of aliphatic imine (C=N–C) groups is 1. The van der Waals surface area contributed by atoms with E-state index in [2.05, 4.69) is 45.7 Å². The average molecular weight is 506 g/mol. The molecule has 0 spiro atoms. The van der Waals surface area contributed by atoms with Crippen molar-refractivity contribution in [2.24, 2.45) is 10.4 Å². The lowest BCUT2D eigenvalue weighted by atomic mass is 9.86. The molecule has 2 aromatic rings. The molecule has 0 radical (unpaired) electrons. The van der Waals surface area contributed by atoms with Crippen LogP contribution in [-0.4, -0.2) is 36.2 Å². The summed E-state index contributed by atoms with van der Waals surface area (Å²) >= 11 is 6.08. The third-order valence-corrected chi connectivity index (χ3v) is 4.19. The van der Waals surface area contributed by atoms with E-state index in [-0.39, 0.29) is 29.4 Å². The summed E-state index contributed by atoms with van der Waals surface area (Å²) in [6, 6.07) is 8.03. The number of hydrogen-bond acceptors (Lipinski definition) is 4. The molecule has 0 aliphatic carbocycles. The van der Waals surface area contributed by atoms with Gasteiger partial charge in [0.2, 0.25) is 5.89 Å². The maximum atomic E-state index is 6.08. The van der Waals surface area contributed by atoms with Crippen molar-refractivity contribution in [3.05, 3.63) is 46.6 Å². The molecule has 1 heterocycles. The van der Waals surface area contributed by atoms with Gasteiger partial charge in [0.1, 0.15) is 0 Å². The van der Waals surface area contributed by atoms with Crippen LogP contribution in [0.5, 0.6) is 0 Å². The summed E-state index contributed by atoms with van der Waals surface area (Å²) in [5, 5.41) is 11.3. The lowest BCUT2D eigenvalue weighted by molar-refractivity contribution is 0.358. The molecule has 2 rings (SSSR count). The summed E-state index contributed by atoms with van der Waals surface area (Å²) in [6.45, 7) is 7.87. The second-order valence-corrected chi connectivity index (χ2v) is 7.60. The van der Waals surface area contributed by atoms with Crippen LogP contribution in [0.3, 0.4) is 0 Å². The Morgan fingerprint density at radius 1 is 1.30 bits per heavy atom. The van der Waals surface area contributed by atoms with Gasteiger partial charge in [0.05, 0.1) is 0 Å². The quantitative estimate of drug-likeness (QED) is 0.245. The van der Waals surface area contributed by atoms with Crippen LogP contribution in [0.1, 0.15) is 37.5 Å². The van der Waals surface area contributed by atoms with Gasteiger partial charge in [-0.1, -0.05) is 42.7 Å². The Morgan fingerprint density at radius 2 is 2.07 bits per heavy atom. The van der Waals surface area contributed by atoms with E-state index in [9.17, 15) is 0 Å². The summed E-state index contributed by atoms with van der Waals surface area (Å²) in [4.78, 5) is 8.48. The molecule has 8 heteroatoms. The summed E-state index contributed by atoms with van der Waals surface area (Å²) < 4.78 is 5.11. The van der Waals surface area contributed by atoms with Gasteiger partial charge in [0.25, 0.3) is 0 Å². The van der Waals surface area contributed by atoms with Crippen molar-refractivity contribution in [2.45, 2.75) is 40.0 Å². The van der Waals surface area contributed by atoms with Gasteiger partial charge in [-0.3, -0.25) is 4.99 Å². The average Bonchev–Trinajstić information content (AvgIpc) is 2.99. The zero-order valence-corrected chi connectivity index (χ0v) is 19.5. The number of benzene rings is 1. The Labute approximate surface area is 183 Å². The number of nitrogens with one attached hydrogen (secondary N) is 2. The number of aryl methyl sites for hydroxylation is 2. The van der Waals surface area contributed by atoms with Crippen LogP contribution < -0.4 is 10.6 Å². The first-order valence-electron chi connectivity index (χ1n) is 8.86. The summed E-state index contributed by atoms with van der Waals surface area (Å²) in [6.07, 6.45) is 2.59. The first-order chi connectivity index (χ1) is 12.4. The van der Waals surface area contributed by atoms with Crippen molar-refractivity contribution in [1.29, 1.82) is 0 Å². The van der Waals surface area contributed by atoms with Crippen LogP contribution in [0.4, 0.5) is 0 Å². The van der Waals surface area contributed by atoms with Gasteiger partial charge in [-0.2, -0.15) is 4.98 Å². The second-order valence-electron chi connectivity index (χ2n) is 7.16. The van der Waals surface area contributed by atoms with Crippen LogP contribution >= 0.6 is 35.6 Å². The third-order valence-electron chi connectivity index (χ3n) is 3.96. The predicted molar refractivity (Wildman–Crippen MR) is 121 cm³/mol. The maximum absolute atomic E-state index is 6.08. The Balaban J connectivity index is 0.00000364. The molecule has 0 fully saturated rings. The Hall–Kier alpha value is -1.35. The fraction of sp³-hybridized carbons (Fsp3) is 0.526. The maximum Gasteiger partial charge on any atom is 0.226 e. The highest BCUT2D eigenvalue weighted by atomic mass is 127. The fourth-order valence-corrected chi connectivity index (χ4v) is 2.91. The molecular formula is C19H29ClIN5O. The van der Waals surface area contributed by atoms with E-state index in [0.717, 1.165) is 43.3 Å². The molecule has 1 aromatic heterocycles. The topological polar surface area (TPSA) is 75.3 Å². The number of hydrogen-bond donors (Lipinski definition) is 2. The second kappa shape index (κ2) is 11.5. The molecular weight excluding hydrogens is 477 g/mol. The van der Waals surface area contributed by atoms with E-state index < -0.39 is 0 Å². The molecule has 0 aliphatic rings. The lowest BCUT2D eigenvalue weighted by Crippen LogP contribution is -2.43. The third kappa shape index (κ3) is 8.92. The Bertz CT molecular complexity index is 732. The number of aromatic nitrogens is 2. The minimum Gasteiger partial charge on any atom is -0.356 e. The number of guanidine groups is 1.